The number of nitro benzene ring substituents is 1. The molecule has 0 atom stereocenters. The van der Waals surface area contributed by atoms with Crippen LogP contribution in [0.1, 0.15) is 11.1 Å². The van der Waals surface area contributed by atoms with E-state index in [1.165, 1.54) is 32.5 Å². The minimum Gasteiger partial charge on any atom is -0.493 e. The molecule has 10 nitrogen and oxygen atoms in total. The fraction of sp³-hybridized carbons (Fsp3) is 0.167. The molecule has 0 fully saturated rings. The van der Waals surface area contributed by atoms with Crippen molar-refractivity contribution >= 4 is 23.7 Å². The highest BCUT2D eigenvalue weighted by Gasteiger charge is 2.10. The van der Waals surface area contributed by atoms with Crippen LogP contribution in [0.25, 0.3) is 0 Å². The minimum atomic E-state index is -0.881. The van der Waals surface area contributed by atoms with Crippen molar-refractivity contribution in [1.29, 1.82) is 0 Å². The van der Waals surface area contributed by atoms with Crippen LogP contribution in [0.5, 0.6) is 11.5 Å². The predicted octanol–water partition coefficient (Wildman–Crippen LogP) is 1.38. The number of hydrogen-bond donors (Lipinski definition) is 2. The molecule has 0 unspecified atom stereocenters. The van der Waals surface area contributed by atoms with Gasteiger partial charge in [0.05, 0.1) is 18.2 Å². The third-order valence-corrected chi connectivity index (χ3v) is 3.54. The van der Waals surface area contributed by atoms with E-state index in [4.69, 9.17) is 9.47 Å². The van der Waals surface area contributed by atoms with E-state index in [1.807, 2.05) is 0 Å². The fourth-order valence-corrected chi connectivity index (χ4v) is 2.09. The summed E-state index contributed by atoms with van der Waals surface area (Å²) < 4.78 is 11.0. The molecular formula is C18H18N4O6. The summed E-state index contributed by atoms with van der Waals surface area (Å²) in [6, 6.07) is 11.0. The highest BCUT2D eigenvalue weighted by molar-refractivity contribution is 6.34. The summed E-state index contributed by atoms with van der Waals surface area (Å²) in [7, 11) is 2.81. The monoisotopic (exact) mass is 386 g/mol. The molecular weight excluding hydrogens is 368 g/mol. The van der Waals surface area contributed by atoms with E-state index >= 15 is 0 Å². The number of nitrogens with zero attached hydrogens (tertiary/aromatic N) is 2. The van der Waals surface area contributed by atoms with Gasteiger partial charge in [-0.1, -0.05) is 0 Å². The molecule has 2 aromatic carbocycles. The van der Waals surface area contributed by atoms with Gasteiger partial charge in [0, 0.05) is 19.2 Å². The van der Waals surface area contributed by atoms with Crippen LogP contribution >= 0.6 is 0 Å². The molecule has 28 heavy (non-hydrogen) atoms. The SMILES string of the molecule is CNC(=O)C(=O)N/N=C\c1ccc(OCc2ccc([N+](=O)[O-])cc2)c(OC)c1. The van der Waals surface area contributed by atoms with Gasteiger partial charge in [-0.15, -0.1) is 0 Å². The Morgan fingerprint density at radius 1 is 1.14 bits per heavy atom. The van der Waals surface area contributed by atoms with E-state index in [9.17, 15) is 19.7 Å². The van der Waals surface area contributed by atoms with Gasteiger partial charge < -0.3 is 14.8 Å². The highest BCUT2D eigenvalue weighted by atomic mass is 16.6. The van der Waals surface area contributed by atoms with Crippen molar-refractivity contribution in [2.75, 3.05) is 14.2 Å². The van der Waals surface area contributed by atoms with Crippen molar-refractivity contribution < 1.29 is 24.0 Å². The van der Waals surface area contributed by atoms with Crippen LogP contribution in [-0.2, 0) is 16.2 Å². The lowest BCUT2D eigenvalue weighted by atomic mass is 10.2. The Kier molecular flexibility index (Phi) is 7.03. The summed E-state index contributed by atoms with van der Waals surface area (Å²) in [5.74, 6) is -0.783. The number of methoxy groups -OCH3 is 1. The Hall–Kier alpha value is -3.95. The van der Waals surface area contributed by atoms with Crippen LogP contribution in [0.15, 0.2) is 47.6 Å². The molecule has 0 heterocycles. The van der Waals surface area contributed by atoms with Crippen LogP contribution in [0, 0.1) is 10.1 Å². The Morgan fingerprint density at radius 3 is 2.46 bits per heavy atom. The lowest BCUT2D eigenvalue weighted by molar-refractivity contribution is -0.384. The molecule has 146 valence electrons. The van der Waals surface area contributed by atoms with Crippen molar-refractivity contribution in [3.63, 3.8) is 0 Å². The van der Waals surface area contributed by atoms with Crippen molar-refractivity contribution in [3.05, 3.63) is 63.7 Å². The number of carbonyl (C=O) groups is 2. The zero-order chi connectivity index (χ0) is 20.5. The Bertz CT molecular complexity index is 895. The first-order chi connectivity index (χ1) is 13.4. The first-order valence-electron chi connectivity index (χ1n) is 8.04. The summed E-state index contributed by atoms with van der Waals surface area (Å²) in [6.07, 6.45) is 1.35. The standard InChI is InChI=1S/C18H18N4O6/c1-19-17(23)18(24)21-20-10-13-5-8-15(16(9-13)27-2)28-11-12-3-6-14(7-4-12)22(25)26/h3-10H,11H2,1-2H3,(H,19,23)(H,21,24)/b20-10-. The largest absolute Gasteiger partial charge is 0.493 e. The van der Waals surface area contributed by atoms with Crippen molar-refractivity contribution in [2.45, 2.75) is 6.61 Å². The molecule has 0 aliphatic heterocycles. The summed E-state index contributed by atoms with van der Waals surface area (Å²) in [5.41, 5.74) is 3.47. The van der Waals surface area contributed by atoms with Gasteiger partial charge in [-0.25, -0.2) is 5.43 Å². The quantitative estimate of drug-likeness (QED) is 0.320. The van der Waals surface area contributed by atoms with Gasteiger partial charge in [0.2, 0.25) is 0 Å². The number of hydrogen-bond acceptors (Lipinski definition) is 7. The van der Waals surface area contributed by atoms with E-state index in [0.29, 0.717) is 17.1 Å². The number of likely N-dealkylation sites (N-methyl/N-ethyl adjacent to an activating group) is 1. The van der Waals surface area contributed by atoms with Crippen molar-refractivity contribution in [2.24, 2.45) is 5.10 Å². The Labute approximate surface area is 160 Å². The number of non-ortho nitro benzene ring substituents is 1. The number of ether oxygens (including phenoxy) is 2. The molecule has 2 rings (SSSR count). The highest BCUT2D eigenvalue weighted by Crippen LogP contribution is 2.28. The molecule has 0 aromatic heterocycles. The van der Waals surface area contributed by atoms with E-state index in [-0.39, 0.29) is 12.3 Å². The summed E-state index contributed by atoms with van der Waals surface area (Å²) in [5, 5.41) is 16.5. The van der Waals surface area contributed by atoms with Crippen molar-refractivity contribution in [3.8, 4) is 11.5 Å². The number of hydrazone groups is 1. The summed E-state index contributed by atoms with van der Waals surface area (Å²) >= 11 is 0. The lowest BCUT2D eigenvalue weighted by Crippen LogP contribution is -2.35. The molecule has 0 spiro atoms. The first-order valence-corrected chi connectivity index (χ1v) is 8.04. The molecule has 2 N–H and O–H groups in total. The lowest BCUT2D eigenvalue weighted by Gasteiger charge is -2.11. The zero-order valence-corrected chi connectivity index (χ0v) is 15.2. The first kappa shape index (κ1) is 20.4. The third kappa shape index (κ3) is 5.53. The summed E-state index contributed by atoms with van der Waals surface area (Å²) in [4.78, 5) is 32.6. The second-order valence-electron chi connectivity index (χ2n) is 5.40. The Balaban J connectivity index is 2.01. The van der Waals surface area contributed by atoms with E-state index in [1.54, 1.807) is 30.3 Å². The van der Waals surface area contributed by atoms with Gasteiger partial charge in [0.1, 0.15) is 6.61 Å². The normalized spacial score (nSPS) is 10.4. The van der Waals surface area contributed by atoms with Gasteiger partial charge in [-0.05, 0) is 41.5 Å². The van der Waals surface area contributed by atoms with Gasteiger partial charge in [-0.3, -0.25) is 19.7 Å². The Morgan fingerprint density at radius 2 is 1.86 bits per heavy atom. The topological polar surface area (TPSA) is 132 Å². The number of nitro groups is 1. The molecule has 0 radical (unpaired) electrons. The maximum Gasteiger partial charge on any atom is 0.329 e. The summed E-state index contributed by atoms with van der Waals surface area (Å²) in [6.45, 7) is 0.198. The smallest absolute Gasteiger partial charge is 0.329 e. The van der Waals surface area contributed by atoms with Gasteiger partial charge in [0.25, 0.3) is 5.69 Å². The number of benzene rings is 2. The van der Waals surface area contributed by atoms with E-state index < -0.39 is 16.7 Å². The molecule has 0 saturated heterocycles. The number of nitrogens with one attached hydrogen (secondary N) is 2. The molecule has 0 aliphatic carbocycles. The van der Waals surface area contributed by atoms with Crippen LogP contribution in [0.3, 0.4) is 0 Å². The van der Waals surface area contributed by atoms with Crippen LogP contribution in [-0.4, -0.2) is 37.1 Å². The zero-order valence-electron chi connectivity index (χ0n) is 15.2. The van der Waals surface area contributed by atoms with Crippen molar-refractivity contribution in [1.82, 2.24) is 10.7 Å². The van der Waals surface area contributed by atoms with Gasteiger partial charge in [0.15, 0.2) is 11.5 Å². The third-order valence-electron chi connectivity index (χ3n) is 3.54. The number of carbonyl (C=O) groups excluding carboxylic acids is 2. The van der Waals surface area contributed by atoms with E-state index in [0.717, 1.165) is 5.56 Å². The molecule has 0 saturated carbocycles. The predicted molar refractivity (Wildman–Crippen MR) is 100 cm³/mol. The minimum absolute atomic E-state index is 0.00785. The van der Waals surface area contributed by atoms with Gasteiger partial charge >= 0.3 is 11.8 Å². The van der Waals surface area contributed by atoms with Crippen LogP contribution < -0.4 is 20.2 Å². The number of rotatable bonds is 7. The maximum absolute atomic E-state index is 11.3. The number of amides is 2. The molecule has 2 amide bonds. The molecule has 0 aliphatic rings. The molecule has 10 heteroatoms. The molecule has 2 aromatic rings. The second kappa shape index (κ2) is 9.67. The van der Waals surface area contributed by atoms with Crippen LogP contribution in [0.2, 0.25) is 0 Å². The fourth-order valence-electron chi connectivity index (χ4n) is 2.09. The van der Waals surface area contributed by atoms with E-state index in [2.05, 4.69) is 15.8 Å². The second-order valence-corrected chi connectivity index (χ2v) is 5.40. The van der Waals surface area contributed by atoms with Gasteiger partial charge in [-0.2, -0.15) is 5.10 Å². The maximum atomic E-state index is 11.3. The average Bonchev–Trinajstić information content (AvgIpc) is 2.72. The average molecular weight is 386 g/mol. The molecule has 0 bridgehead atoms. The van der Waals surface area contributed by atoms with Crippen LogP contribution in [0.4, 0.5) is 5.69 Å².